The fourth-order valence-electron chi connectivity index (χ4n) is 3.30. The minimum absolute atomic E-state index is 0.208. The Hall–Kier alpha value is -3.40. The van der Waals surface area contributed by atoms with Crippen molar-refractivity contribution in [2.45, 2.75) is 6.92 Å². The summed E-state index contributed by atoms with van der Waals surface area (Å²) in [7, 11) is 0. The number of nitrogens with two attached hydrogens (primary N) is 1. The Balaban J connectivity index is 1.34. The molecule has 160 valence electrons. The molecule has 10 heteroatoms. The summed E-state index contributed by atoms with van der Waals surface area (Å²) in [6.07, 6.45) is 3.72. The number of carbonyl (C=O) groups is 1. The van der Waals surface area contributed by atoms with E-state index in [4.69, 9.17) is 17.3 Å². The molecule has 4 N–H and O–H groups in total. The number of amides is 1. The van der Waals surface area contributed by atoms with Crippen molar-refractivity contribution in [1.82, 2.24) is 14.4 Å². The van der Waals surface area contributed by atoms with Crippen LogP contribution in [0.25, 0.3) is 16.2 Å². The van der Waals surface area contributed by atoms with Gasteiger partial charge in [0.05, 0.1) is 37.5 Å². The van der Waals surface area contributed by atoms with E-state index in [9.17, 15) is 4.79 Å². The number of halogens is 1. The van der Waals surface area contributed by atoms with Crippen LogP contribution in [0.4, 0.5) is 21.5 Å². The van der Waals surface area contributed by atoms with Gasteiger partial charge in [-0.2, -0.15) is 0 Å². The molecular weight excluding hydrogens is 464 g/mol. The smallest absolute Gasteiger partial charge is 0.265 e. The second-order valence-corrected chi connectivity index (χ2v) is 9.53. The van der Waals surface area contributed by atoms with E-state index in [0.29, 0.717) is 21.3 Å². The SMILES string of the molecule is Cc1nc2cc(Cl)ccn2c1-c1cnc(Nc2ccc(C(=O)Nc3ccccc3N)s2)s1. The molecule has 0 fully saturated rings. The number of thiazole rings is 1. The Bertz CT molecular complexity index is 1450. The lowest BCUT2D eigenvalue weighted by Gasteiger charge is -2.06. The van der Waals surface area contributed by atoms with Crippen molar-refractivity contribution in [3.05, 3.63) is 76.5 Å². The predicted molar refractivity (Wildman–Crippen MR) is 132 cm³/mol. The van der Waals surface area contributed by atoms with Crippen molar-refractivity contribution < 1.29 is 4.79 Å². The number of anilines is 4. The number of aromatic nitrogens is 3. The first-order valence-corrected chi connectivity index (χ1v) is 11.6. The minimum Gasteiger partial charge on any atom is -0.397 e. The summed E-state index contributed by atoms with van der Waals surface area (Å²) in [6.45, 7) is 1.96. The number of nitrogens with zero attached hydrogens (tertiary/aromatic N) is 3. The zero-order valence-electron chi connectivity index (χ0n) is 16.8. The number of nitrogen functional groups attached to an aromatic ring is 1. The van der Waals surface area contributed by atoms with Crippen LogP contribution in [0.2, 0.25) is 5.02 Å². The first-order chi connectivity index (χ1) is 15.5. The number of rotatable bonds is 5. The Labute approximate surface area is 196 Å². The standard InChI is InChI=1S/C22H17ClN6OS2/c1-12-20(29-9-8-13(23)10-18(29)26-12)17-11-25-22(32-17)28-19-7-6-16(31-19)21(30)27-15-5-3-2-4-14(15)24/h2-11H,24H2,1H3,(H,25,28)(H,27,30). The van der Waals surface area contributed by atoms with Gasteiger partial charge in [0.15, 0.2) is 5.13 Å². The Morgan fingerprint density at radius 1 is 1.16 bits per heavy atom. The number of imidazole rings is 1. The molecule has 0 bridgehead atoms. The van der Waals surface area contributed by atoms with E-state index in [1.165, 1.54) is 22.7 Å². The lowest BCUT2D eigenvalue weighted by Crippen LogP contribution is -2.11. The fraction of sp³-hybridized carbons (Fsp3) is 0.0455. The number of thiophene rings is 1. The third kappa shape index (κ3) is 3.93. The van der Waals surface area contributed by atoms with Crippen LogP contribution in [0.15, 0.2) is 60.9 Å². The van der Waals surface area contributed by atoms with Gasteiger partial charge in [0.25, 0.3) is 5.91 Å². The number of hydrogen-bond donors (Lipinski definition) is 3. The monoisotopic (exact) mass is 480 g/mol. The third-order valence-corrected chi connectivity index (χ3v) is 6.92. The van der Waals surface area contributed by atoms with E-state index in [2.05, 4.69) is 20.6 Å². The molecule has 0 aliphatic heterocycles. The van der Waals surface area contributed by atoms with Crippen LogP contribution >= 0.6 is 34.3 Å². The van der Waals surface area contributed by atoms with Gasteiger partial charge < -0.3 is 16.4 Å². The van der Waals surface area contributed by atoms with Gasteiger partial charge in [0.1, 0.15) is 5.65 Å². The van der Waals surface area contributed by atoms with Crippen molar-refractivity contribution in [3.8, 4) is 10.6 Å². The lowest BCUT2D eigenvalue weighted by molar-refractivity contribution is 0.103. The van der Waals surface area contributed by atoms with Gasteiger partial charge in [-0.3, -0.25) is 9.20 Å². The Morgan fingerprint density at radius 3 is 2.84 bits per heavy atom. The minimum atomic E-state index is -0.208. The molecule has 0 saturated heterocycles. The molecule has 5 aromatic rings. The maximum Gasteiger partial charge on any atom is 0.265 e. The van der Waals surface area contributed by atoms with Crippen molar-refractivity contribution in [3.63, 3.8) is 0 Å². The van der Waals surface area contributed by atoms with E-state index < -0.39 is 0 Å². The molecule has 1 amide bonds. The molecule has 0 unspecified atom stereocenters. The molecule has 0 radical (unpaired) electrons. The number of para-hydroxylation sites is 2. The number of benzene rings is 1. The molecule has 0 aliphatic rings. The molecule has 0 spiro atoms. The van der Waals surface area contributed by atoms with Gasteiger partial charge in [-0.25, -0.2) is 9.97 Å². The van der Waals surface area contributed by atoms with Crippen LogP contribution in [0, 0.1) is 6.92 Å². The van der Waals surface area contributed by atoms with Gasteiger partial charge in [-0.1, -0.05) is 35.1 Å². The number of aryl methyl sites for hydroxylation is 1. The summed E-state index contributed by atoms with van der Waals surface area (Å²) >= 11 is 8.95. The number of fused-ring (bicyclic) bond motifs is 1. The first kappa shape index (κ1) is 20.5. The second-order valence-electron chi connectivity index (χ2n) is 6.98. The van der Waals surface area contributed by atoms with Gasteiger partial charge in [-0.15, -0.1) is 11.3 Å². The quantitative estimate of drug-likeness (QED) is 0.266. The highest BCUT2D eigenvalue weighted by Gasteiger charge is 2.16. The van der Waals surface area contributed by atoms with Crippen molar-refractivity contribution in [2.75, 3.05) is 16.4 Å². The molecule has 1 aromatic carbocycles. The molecule has 5 rings (SSSR count). The molecule has 4 aromatic heterocycles. The molecule has 0 saturated carbocycles. The molecule has 4 heterocycles. The van der Waals surface area contributed by atoms with E-state index in [-0.39, 0.29) is 5.91 Å². The summed E-state index contributed by atoms with van der Waals surface area (Å²) in [6, 6.07) is 14.5. The summed E-state index contributed by atoms with van der Waals surface area (Å²) in [5, 5.41) is 8.32. The van der Waals surface area contributed by atoms with Crippen LogP contribution in [0.1, 0.15) is 15.4 Å². The van der Waals surface area contributed by atoms with Gasteiger partial charge in [0, 0.05) is 23.5 Å². The third-order valence-electron chi connectivity index (χ3n) is 4.77. The van der Waals surface area contributed by atoms with Crippen LogP contribution < -0.4 is 16.4 Å². The molecule has 0 aliphatic carbocycles. The summed E-state index contributed by atoms with van der Waals surface area (Å²) in [4.78, 5) is 23.2. The van der Waals surface area contributed by atoms with E-state index in [0.717, 1.165) is 32.0 Å². The van der Waals surface area contributed by atoms with Crippen LogP contribution in [0.5, 0.6) is 0 Å². The van der Waals surface area contributed by atoms with Gasteiger partial charge >= 0.3 is 0 Å². The lowest BCUT2D eigenvalue weighted by atomic mass is 10.2. The fourth-order valence-corrected chi connectivity index (χ4v) is 5.24. The molecular formula is C22H17ClN6OS2. The van der Waals surface area contributed by atoms with Crippen molar-refractivity contribution >= 4 is 67.3 Å². The highest BCUT2D eigenvalue weighted by atomic mass is 35.5. The predicted octanol–water partition coefficient (Wildman–Crippen LogP) is 6.06. The Morgan fingerprint density at radius 2 is 2.00 bits per heavy atom. The average molecular weight is 481 g/mol. The number of pyridine rings is 1. The van der Waals surface area contributed by atoms with Gasteiger partial charge in [-0.05, 0) is 37.3 Å². The molecule has 0 atom stereocenters. The zero-order valence-corrected chi connectivity index (χ0v) is 19.2. The summed E-state index contributed by atoms with van der Waals surface area (Å²) < 4.78 is 2.00. The van der Waals surface area contributed by atoms with E-state index in [1.807, 2.05) is 54.0 Å². The number of carbonyl (C=O) groups excluding carboxylic acids is 1. The highest BCUT2D eigenvalue weighted by Crippen LogP contribution is 2.35. The number of nitrogens with one attached hydrogen (secondary N) is 2. The molecule has 7 nitrogen and oxygen atoms in total. The van der Waals surface area contributed by atoms with Crippen LogP contribution in [-0.4, -0.2) is 20.3 Å². The van der Waals surface area contributed by atoms with E-state index in [1.54, 1.807) is 18.2 Å². The zero-order chi connectivity index (χ0) is 22.2. The second kappa shape index (κ2) is 8.27. The first-order valence-electron chi connectivity index (χ1n) is 9.61. The van der Waals surface area contributed by atoms with Gasteiger partial charge in [0.2, 0.25) is 0 Å². The maximum atomic E-state index is 12.6. The van der Waals surface area contributed by atoms with E-state index >= 15 is 0 Å². The van der Waals surface area contributed by atoms with Crippen molar-refractivity contribution in [2.24, 2.45) is 0 Å². The largest absolute Gasteiger partial charge is 0.397 e. The Kier molecular flexibility index (Phi) is 5.30. The van der Waals surface area contributed by atoms with Crippen LogP contribution in [-0.2, 0) is 0 Å². The van der Waals surface area contributed by atoms with Crippen molar-refractivity contribution in [1.29, 1.82) is 0 Å². The summed E-state index contributed by atoms with van der Waals surface area (Å²) in [5.74, 6) is -0.208. The molecule has 32 heavy (non-hydrogen) atoms. The maximum absolute atomic E-state index is 12.6. The number of hydrogen-bond acceptors (Lipinski definition) is 7. The highest BCUT2D eigenvalue weighted by molar-refractivity contribution is 7.20. The normalized spacial score (nSPS) is 11.1. The van der Waals surface area contributed by atoms with Crippen LogP contribution in [0.3, 0.4) is 0 Å². The topological polar surface area (TPSA) is 97.3 Å². The summed E-state index contributed by atoms with van der Waals surface area (Å²) in [5.41, 5.74) is 9.70. The average Bonchev–Trinajstić information content (AvgIpc) is 3.48.